The maximum atomic E-state index is 10.4. The Labute approximate surface area is 200 Å². The number of hydrogen-bond acceptors (Lipinski definition) is 8. The number of hydrogen-bond donors (Lipinski definition) is 2. The highest BCUT2D eigenvalue weighted by atomic mass is 16.8. The Morgan fingerprint density at radius 3 is 2.42 bits per heavy atom. The fourth-order valence-electron chi connectivity index (χ4n) is 4.99. The molecule has 0 bridgehead atoms. The van der Waals surface area contributed by atoms with Crippen molar-refractivity contribution < 1.29 is 33.5 Å². The van der Waals surface area contributed by atoms with Crippen molar-refractivity contribution in [2.24, 2.45) is 0 Å². The second kappa shape index (κ2) is 13.1. The Morgan fingerprint density at radius 2 is 1.73 bits per heavy atom. The van der Waals surface area contributed by atoms with Crippen molar-refractivity contribution in [3.8, 4) is 0 Å². The largest absolute Gasteiger partial charge is 0.391 e. The lowest BCUT2D eigenvalue weighted by molar-refractivity contribution is -0.348. The van der Waals surface area contributed by atoms with Crippen molar-refractivity contribution in [1.82, 2.24) is 5.32 Å². The van der Waals surface area contributed by atoms with Crippen LogP contribution in [0.25, 0.3) is 0 Å². The van der Waals surface area contributed by atoms with E-state index in [4.69, 9.17) is 28.4 Å². The van der Waals surface area contributed by atoms with E-state index in [1.54, 1.807) is 6.92 Å². The Morgan fingerprint density at radius 1 is 1.00 bits per heavy atom. The average Bonchev–Trinajstić information content (AvgIpc) is 3.25. The maximum Gasteiger partial charge on any atom is 0.201 e. The number of morpholine rings is 1. The van der Waals surface area contributed by atoms with Gasteiger partial charge in [-0.3, -0.25) is 0 Å². The van der Waals surface area contributed by atoms with E-state index in [9.17, 15) is 5.11 Å². The molecule has 0 radical (unpaired) electrons. The van der Waals surface area contributed by atoms with Gasteiger partial charge in [0.15, 0.2) is 12.1 Å². The van der Waals surface area contributed by atoms with Crippen LogP contribution in [0.5, 0.6) is 0 Å². The van der Waals surface area contributed by atoms with Gasteiger partial charge in [0.25, 0.3) is 0 Å². The zero-order valence-electron chi connectivity index (χ0n) is 21.2. The Hall–Kier alpha value is -0.320. The quantitative estimate of drug-likeness (QED) is 0.350. The van der Waals surface area contributed by atoms with Gasteiger partial charge in [-0.1, -0.05) is 45.4 Å². The molecule has 3 saturated heterocycles. The van der Waals surface area contributed by atoms with Gasteiger partial charge < -0.3 is 38.8 Å². The molecule has 8 heteroatoms. The van der Waals surface area contributed by atoms with Crippen molar-refractivity contribution >= 4 is 0 Å². The number of aliphatic hydroxyl groups is 1. The minimum Gasteiger partial charge on any atom is -0.391 e. The topological polar surface area (TPSA) is 87.6 Å². The first-order chi connectivity index (χ1) is 15.9. The minimum atomic E-state index is -1.05. The van der Waals surface area contributed by atoms with Crippen LogP contribution in [-0.4, -0.2) is 80.3 Å². The van der Waals surface area contributed by atoms with Crippen LogP contribution in [0, 0.1) is 0 Å². The molecule has 3 aliphatic heterocycles. The van der Waals surface area contributed by atoms with E-state index in [1.165, 1.54) is 38.5 Å². The number of nitrogens with one attached hydrogen (secondary N) is 1. The van der Waals surface area contributed by atoms with Gasteiger partial charge >= 0.3 is 0 Å². The molecule has 0 spiro atoms. The molecule has 33 heavy (non-hydrogen) atoms. The van der Waals surface area contributed by atoms with E-state index >= 15 is 0 Å². The summed E-state index contributed by atoms with van der Waals surface area (Å²) in [5, 5.41) is 13.7. The van der Waals surface area contributed by atoms with E-state index in [2.05, 4.69) is 12.2 Å². The van der Waals surface area contributed by atoms with Gasteiger partial charge in [-0.25, -0.2) is 0 Å². The zero-order chi connectivity index (χ0) is 23.7. The third-order valence-corrected chi connectivity index (χ3v) is 6.63. The van der Waals surface area contributed by atoms with E-state index in [-0.39, 0.29) is 0 Å². The highest BCUT2D eigenvalue weighted by Gasteiger charge is 2.65. The summed E-state index contributed by atoms with van der Waals surface area (Å²) in [5.41, 5.74) is 0. The third-order valence-electron chi connectivity index (χ3n) is 6.63. The van der Waals surface area contributed by atoms with Crippen LogP contribution in [0.3, 0.4) is 0 Å². The Balaban J connectivity index is 1.51. The second-order valence-electron chi connectivity index (χ2n) is 10.1. The summed E-state index contributed by atoms with van der Waals surface area (Å²) in [7, 11) is 0. The van der Waals surface area contributed by atoms with Gasteiger partial charge in [-0.05, 0) is 33.6 Å². The summed E-state index contributed by atoms with van der Waals surface area (Å²) in [6.07, 6.45) is 7.75. The molecule has 0 saturated carbocycles. The molecule has 3 fully saturated rings. The monoisotopic (exact) mass is 473 g/mol. The van der Waals surface area contributed by atoms with Crippen LogP contribution in [-0.2, 0) is 28.4 Å². The fraction of sp³-hybridized carbons (Fsp3) is 1.00. The first-order valence-corrected chi connectivity index (χ1v) is 13.2. The lowest BCUT2D eigenvalue weighted by atomic mass is 9.99. The van der Waals surface area contributed by atoms with Crippen LogP contribution in [0.4, 0.5) is 0 Å². The van der Waals surface area contributed by atoms with E-state index in [0.717, 1.165) is 26.0 Å². The third kappa shape index (κ3) is 7.84. The zero-order valence-corrected chi connectivity index (χ0v) is 21.2. The van der Waals surface area contributed by atoms with Crippen molar-refractivity contribution in [3.63, 3.8) is 0 Å². The number of ether oxygens (including phenoxy) is 6. The normalized spacial score (nSPS) is 34.5. The highest BCUT2D eigenvalue weighted by Crippen LogP contribution is 2.48. The second-order valence-corrected chi connectivity index (χ2v) is 10.1. The SMILES string of the molecule is CCCCCCCCCOCCC[C@]1(OC2CNCCO2)O[C@H]([C@@H](C)O)[C@@H]2OC(C)(C)O[C@@H]21. The van der Waals surface area contributed by atoms with E-state index in [1.807, 2.05) is 13.8 Å². The molecule has 3 aliphatic rings. The molecule has 194 valence electrons. The lowest BCUT2D eigenvalue weighted by Crippen LogP contribution is -2.52. The van der Waals surface area contributed by atoms with Crippen LogP contribution < -0.4 is 5.32 Å². The summed E-state index contributed by atoms with van der Waals surface area (Å²) < 4.78 is 36.9. The van der Waals surface area contributed by atoms with E-state index in [0.29, 0.717) is 26.2 Å². The number of fused-ring (bicyclic) bond motifs is 1. The van der Waals surface area contributed by atoms with E-state index < -0.39 is 42.3 Å². The molecular weight excluding hydrogens is 426 g/mol. The summed E-state index contributed by atoms with van der Waals surface area (Å²) in [6, 6.07) is 0. The summed E-state index contributed by atoms with van der Waals surface area (Å²) >= 11 is 0. The number of unbranched alkanes of at least 4 members (excludes halogenated alkanes) is 6. The minimum absolute atomic E-state index is 0.398. The molecule has 0 aromatic carbocycles. The lowest BCUT2D eigenvalue weighted by Gasteiger charge is -2.38. The molecule has 1 unspecified atom stereocenters. The van der Waals surface area contributed by atoms with Gasteiger partial charge in [0.05, 0.1) is 12.7 Å². The first kappa shape index (κ1) is 27.3. The predicted octanol–water partition coefficient (Wildman–Crippen LogP) is 3.49. The maximum absolute atomic E-state index is 10.4. The van der Waals surface area contributed by atoms with Crippen LogP contribution in [0.2, 0.25) is 0 Å². The Kier molecular flexibility index (Phi) is 10.8. The Bertz CT molecular complexity index is 555. The molecule has 3 heterocycles. The van der Waals surface area contributed by atoms with Gasteiger partial charge in [0.1, 0.15) is 18.3 Å². The van der Waals surface area contributed by atoms with Crippen LogP contribution in [0.1, 0.15) is 85.5 Å². The predicted molar refractivity (Wildman–Crippen MR) is 125 cm³/mol. The molecule has 0 amide bonds. The number of aliphatic hydroxyl groups excluding tert-OH is 1. The smallest absolute Gasteiger partial charge is 0.201 e. The fourth-order valence-corrected chi connectivity index (χ4v) is 4.99. The molecule has 8 nitrogen and oxygen atoms in total. The van der Waals surface area contributed by atoms with Gasteiger partial charge in [0.2, 0.25) is 5.79 Å². The molecule has 0 aliphatic carbocycles. The van der Waals surface area contributed by atoms with Crippen molar-refractivity contribution in [3.05, 3.63) is 0 Å². The molecule has 3 rings (SSSR count). The van der Waals surface area contributed by atoms with Crippen LogP contribution >= 0.6 is 0 Å². The van der Waals surface area contributed by atoms with Gasteiger partial charge in [0, 0.05) is 32.7 Å². The van der Waals surface area contributed by atoms with Crippen LogP contribution in [0.15, 0.2) is 0 Å². The number of rotatable bonds is 15. The average molecular weight is 474 g/mol. The molecule has 2 N–H and O–H groups in total. The van der Waals surface area contributed by atoms with Crippen molar-refractivity contribution in [1.29, 1.82) is 0 Å². The van der Waals surface area contributed by atoms with Gasteiger partial charge in [-0.15, -0.1) is 0 Å². The van der Waals surface area contributed by atoms with Crippen molar-refractivity contribution in [2.75, 3.05) is 32.9 Å². The highest BCUT2D eigenvalue weighted by molar-refractivity contribution is 5.04. The molecule has 6 atom stereocenters. The molecule has 0 aromatic heterocycles. The molecular formula is C25H47NO7. The summed E-state index contributed by atoms with van der Waals surface area (Å²) in [4.78, 5) is 0. The first-order valence-electron chi connectivity index (χ1n) is 13.2. The summed E-state index contributed by atoms with van der Waals surface area (Å²) in [6.45, 7) is 11.1. The molecule has 0 aromatic rings. The van der Waals surface area contributed by atoms with Crippen molar-refractivity contribution in [2.45, 2.75) is 128 Å². The standard InChI is InChI=1S/C25H47NO7/c1-5-6-7-8-9-10-11-15-28-16-12-13-25(30-20-18-26-14-17-29-20)23-22(21(32-25)19(2)27)31-24(3,4)33-23/h19-23,26-27H,5-18H2,1-4H3/t19-,20?,21-,22+,23+,25+/m1/s1. The van der Waals surface area contributed by atoms with Gasteiger partial charge in [-0.2, -0.15) is 0 Å². The summed E-state index contributed by atoms with van der Waals surface area (Å²) in [5.74, 6) is -1.81.